The van der Waals surface area contributed by atoms with Gasteiger partial charge >= 0.3 is 0 Å². The molecule has 4 rings (SSSR count). The third-order valence-electron chi connectivity index (χ3n) is 3.49. The number of aromatic nitrogens is 6. The maximum Gasteiger partial charge on any atom is 0.170 e. The molecule has 23 heavy (non-hydrogen) atoms. The summed E-state index contributed by atoms with van der Waals surface area (Å²) in [7, 11) is 0. The van der Waals surface area contributed by atoms with Crippen molar-refractivity contribution in [2.75, 3.05) is 5.73 Å². The summed E-state index contributed by atoms with van der Waals surface area (Å²) in [5.41, 5.74) is 7.53. The van der Waals surface area contributed by atoms with Gasteiger partial charge in [-0.2, -0.15) is 14.9 Å². The summed E-state index contributed by atoms with van der Waals surface area (Å²) in [6.45, 7) is 1.84. The van der Waals surface area contributed by atoms with Crippen LogP contribution in [0, 0.1) is 12.7 Å². The number of halogens is 1. The van der Waals surface area contributed by atoms with Crippen LogP contribution in [-0.4, -0.2) is 29.5 Å². The zero-order valence-electron chi connectivity index (χ0n) is 12.2. The highest BCUT2D eigenvalue weighted by atomic mass is 19.1. The summed E-state index contributed by atoms with van der Waals surface area (Å²) in [5, 5.41) is 9.19. The second-order valence-electron chi connectivity index (χ2n) is 5.06. The number of rotatable bonds is 2. The molecule has 3 aromatic heterocycles. The van der Waals surface area contributed by atoms with Gasteiger partial charge in [-0.3, -0.25) is 0 Å². The molecule has 0 saturated carbocycles. The Morgan fingerprint density at radius 2 is 1.96 bits per heavy atom. The predicted octanol–water partition coefficient (Wildman–Crippen LogP) is 2.03. The summed E-state index contributed by atoms with van der Waals surface area (Å²) < 4.78 is 17.0. The second-order valence-corrected chi connectivity index (χ2v) is 5.06. The van der Waals surface area contributed by atoms with Gasteiger partial charge in [-0.15, -0.1) is 0 Å². The highest BCUT2D eigenvalue weighted by Crippen LogP contribution is 2.23. The van der Waals surface area contributed by atoms with E-state index in [1.165, 1.54) is 21.8 Å². The van der Waals surface area contributed by atoms with Gasteiger partial charge in [-0.05, 0) is 19.1 Å². The summed E-state index contributed by atoms with van der Waals surface area (Å²) in [6.07, 6.45) is 2.96. The van der Waals surface area contributed by atoms with Crippen LogP contribution < -0.4 is 5.73 Å². The van der Waals surface area contributed by atoms with E-state index >= 15 is 0 Å². The minimum atomic E-state index is -0.382. The number of aryl methyl sites for hydroxylation is 1. The molecule has 3 heterocycles. The molecule has 0 aliphatic carbocycles. The number of hydrogen-bond donors (Lipinski definition) is 1. The number of fused-ring (bicyclic) bond motifs is 1. The smallest absolute Gasteiger partial charge is 0.170 e. The van der Waals surface area contributed by atoms with E-state index in [9.17, 15) is 4.39 Å². The van der Waals surface area contributed by atoms with Crippen LogP contribution in [0.5, 0.6) is 0 Å². The van der Waals surface area contributed by atoms with Gasteiger partial charge in [-0.1, -0.05) is 12.1 Å². The monoisotopic (exact) mass is 309 g/mol. The predicted molar refractivity (Wildman–Crippen MR) is 82.9 cm³/mol. The van der Waals surface area contributed by atoms with Crippen LogP contribution in [0.15, 0.2) is 42.9 Å². The molecule has 0 aliphatic heterocycles. The van der Waals surface area contributed by atoms with Crippen LogP contribution in [-0.2, 0) is 0 Å². The van der Waals surface area contributed by atoms with E-state index in [1.54, 1.807) is 30.5 Å². The number of nitrogen functional groups attached to an aromatic ring is 1. The number of hydrogen-bond acceptors (Lipinski definition) is 5. The molecule has 0 amide bonds. The van der Waals surface area contributed by atoms with Crippen molar-refractivity contribution in [3.05, 3.63) is 54.4 Å². The quantitative estimate of drug-likeness (QED) is 0.612. The van der Waals surface area contributed by atoms with Crippen molar-refractivity contribution in [1.82, 2.24) is 29.5 Å². The molecule has 0 bridgehead atoms. The normalized spacial score (nSPS) is 11.2. The standard InChI is InChI=1S/C15H12FN7/c1-9-6-13(17)23(21-9)15-10-7-20-22(14(10)18-8-19-15)12-5-3-2-4-11(12)16/h2-8H,17H2,1H3. The van der Waals surface area contributed by atoms with E-state index < -0.39 is 0 Å². The molecule has 4 aromatic rings. The van der Waals surface area contributed by atoms with Crippen molar-refractivity contribution < 1.29 is 4.39 Å². The van der Waals surface area contributed by atoms with Crippen LogP contribution in [0.2, 0.25) is 0 Å². The van der Waals surface area contributed by atoms with Crippen LogP contribution in [0.25, 0.3) is 22.5 Å². The Hall–Kier alpha value is -3.29. The van der Waals surface area contributed by atoms with Crippen molar-refractivity contribution in [3.63, 3.8) is 0 Å². The zero-order valence-corrected chi connectivity index (χ0v) is 12.2. The Balaban J connectivity index is 1.98. The summed E-state index contributed by atoms with van der Waals surface area (Å²) in [5.74, 6) is 0.580. The van der Waals surface area contributed by atoms with E-state index in [-0.39, 0.29) is 5.82 Å². The number of nitrogens with zero attached hydrogens (tertiary/aromatic N) is 6. The van der Waals surface area contributed by atoms with Gasteiger partial charge in [0.1, 0.15) is 23.6 Å². The van der Waals surface area contributed by atoms with Crippen LogP contribution in [0.3, 0.4) is 0 Å². The number of nitrogens with two attached hydrogens (primary N) is 1. The molecule has 0 atom stereocenters. The Morgan fingerprint density at radius 3 is 2.70 bits per heavy atom. The Kier molecular flexibility index (Phi) is 2.83. The third kappa shape index (κ3) is 2.03. The molecule has 8 heteroatoms. The van der Waals surface area contributed by atoms with Crippen molar-refractivity contribution in [1.29, 1.82) is 0 Å². The van der Waals surface area contributed by atoms with Crippen molar-refractivity contribution >= 4 is 16.9 Å². The van der Waals surface area contributed by atoms with Gasteiger partial charge < -0.3 is 5.73 Å². The molecule has 0 spiro atoms. The SMILES string of the molecule is Cc1cc(N)n(-c2ncnc3c2cnn3-c2ccccc2F)n1. The molecular formula is C15H12FN7. The molecule has 2 N–H and O–H groups in total. The lowest BCUT2D eigenvalue weighted by Gasteiger charge is -2.06. The lowest BCUT2D eigenvalue weighted by molar-refractivity contribution is 0.612. The highest BCUT2D eigenvalue weighted by molar-refractivity contribution is 5.83. The van der Waals surface area contributed by atoms with Crippen LogP contribution >= 0.6 is 0 Å². The Bertz CT molecular complexity index is 1020. The first-order valence-electron chi connectivity index (χ1n) is 6.91. The molecule has 114 valence electrons. The molecule has 0 unspecified atom stereocenters. The highest BCUT2D eigenvalue weighted by Gasteiger charge is 2.16. The minimum Gasteiger partial charge on any atom is -0.384 e. The van der Waals surface area contributed by atoms with E-state index in [2.05, 4.69) is 20.2 Å². The lowest BCUT2D eigenvalue weighted by Crippen LogP contribution is -2.06. The topological polar surface area (TPSA) is 87.4 Å². The van der Waals surface area contributed by atoms with E-state index in [1.807, 2.05) is 6.92 Å². The van der Waals surface area contributed by atoms with Gasteiger partial charge in [0.05, 0.1) is 17.3 Å². The molecule has 0 fully saturated rings. The van der Waals surface area contributed by atoms with Crippen molar-refractivity contribution in [2.24, 2.45) is 0 Å². The fourth-order valence-corrected chi connectivity index (χ4v) is 2.49. The fraction of sp³-hybridized carbons (Fsp3) is 0.0667. The van der Waals surface area contributed by atoms with Gasteiger partial charge in [-0.25, -0.2) is 19.0 Å². The number of para-hydroxylation sites is 1. The molecule has 0 saturated heterocycles. The summed E-state index contributed by atoms with van der Waals surface area (Å²) in [6, 6.07) is 8.12. The van der Waals surface area contributed by atoms with Gasteiger partial charge in [0.15, 0.2) is 11.5 Å². The van der Waals surface area contributed by atoms with Crippen LogP contribution in [0.1, 0.15) is 5.69 Å². The lowest BCUT2D eigenvalue weighted by atomic mass is 10.3. The largest absolute Gasteiger partial charge is 0.384 e. The van der Waals surface area contributed by atoms with Gasteiger partial charge in [0.2, 0.25) is 0 Å². The third-order valence-corrected chi connectivity index (χ3v) is 3.49. The average molecular weight is 309 g/mol. The molecule has 0 radical (unpaired) electrons. The number of benzene rings is 1. The van der Waals surface area contributed by atoms with Gasteiger partial charge in [0, 0.05) is 6.07 Å². The summed E-state index contributed by atoms with van der Waals surface area (Å²) >= 11 is 0. The van der Waals surface area contributed by atoms with Crippen molar-refractivity contribution in [3.8, 4) is 11.5 Å². The fourth-order valence-electron chi connectivity index (χ4n) is 2.49. The van der Waals surface area contributed by atoms with E-state index in [4.69, 9.17) is 5.73 Å². The molecular weight excluding hydrogens is 297 g/mol. The Labute approximate surface area is 130 Å². The van der Waals surface area contributed by atoms with Gasteiger partial charge in [0.25, 0.3) is 0 Å². The molecule has 1 aromatic carbocycles. The first kappa shape index (κ1) is 13.4. The molecule has 7 nitrogen and oxygen atoms in total. The van der Waals surface area contributed by atoms with E-state index in [0.717, 1.165) is 5.69 Å². The second kappa shape index (κ2) is 4.87. The number of anilines is 1. The maximum atomic E-state index is 14.0. The van der Waals surface area contributed by atoms with E-state index in [0.29, 0.717) is 28.4 Å². The minimum absolute atomic E-state index is 0.316. The first-order valence-corrected chi connectivity index (χ1v) is 6.91. The Morgan fingerprint density at radius 1 is 1.13 bits per heavy atom. The first-order chi connectivity index (χ1) is 11.1. The average Bonchev–Trinajstić information content (AvgIpc) is 3.11. The van der Waals surface area contributed by atoms with Crippen molar-refractivity contribution in [2.45, 2.75) is 6.92 Å². The zero-order chi connectivity index (χ0) is 16.0. The molecule has 0 aliphatic rings. The van der Waals surface area contributed by atoms with Crippen LogP contribution in [0.4, 0.5) is 10.2 Å². The maximum absolute atomic E-state index is 14.0. The summed E-state index contributed by atoms with van der Waals surface area (Å²) in [4.78, 5) is 8.47.